The van der Waals surface area contributed by atoms with Gasteiger partial charge in [-0.15, -0.1) is 0 Å². The molecule has 19 heavy (non-hydrogen) atoms. The van der Waals surface area contributed by atoms with E-state index in [2.05, 4.69) is 27.3 Å². The van der Waals surface area contributed by atoms with E-state index >= 15 is 0 Å². The molecule has 0 heterocycles. The van der Waals surface area contributed by atoms with Gasteiger partial charge in [0, 0.05) is 10.5 Å². The molecule has 2 unspecified atom stereocenters. The monoisotopic (exact) mass is 324 g/mol. The fraction of sp³-hybridized carbons (Fsp3) is 0.533. The number of carbonyl (C=O) groups is 1. The summed E-state index contributed by atoms with van der Waals surface area (Å²) >= 11 is 3.52. The van der Waals surface area contributed by atoms with Crippen molar-refractivity contribution in [2.75, 3.05) is 5.32 Å². The number of carbonyl (C=O) groups excluding carboxylic acids is 1. The van der Waals surface area contributed by atoms with Crippen LogP contribution in [0, 0.1) is 19.3 Å². The molecular weight excluding hydrogens is 304 g/mol. The number of hydrogen-bond acceptors (Lipinski definition) is 2. The first-order valence-electron chi connectivity index (χ1n) is 6.68. The van der Waals surface area contributed by atoms with Gasteiger partial charge in [-0.25, -0.2) is 0 Å². The van der Waals surface area contributed by atoms with Gasteiger partial charge < -0.3 is 11.1 Å². The highest BCUT2D eigenvalue weighted by molar-refractivity contribution is 9.10. The van der Waals surface area contributed by atoms with Gasteiger partial charge in [0.25, 0.3) is 0 Å². The van der Waals surface area contributed by atoms with Crippen LogP contribution >= 0.6 is 15.9 Å². The molecule has 1 fully saturated rings. The van der Waals surface area contributed by atoms with Crippen LogP contribution in [0.15, 0.2) is 16.6 Å². The van der Waals surface area contributed by atoms with Crippen LogP contribution in [0.1, 0.15) is 37.3 Å². The van der Waals surface area contributed by atoms with E-state index in [9.17, 15) is 4.79 Å². The maximum Gasteiger partial charge on any atom is 0.231 e. The van der Waals surface area contributed by atoms with Crippen molar-refractivity contribution in [2.24, 2.45) is 11.1 Å². The Labute approximate surface area is 123 Å². The number of halogens is 1. The molecule has 0 radical (unpaired) electrons. The van der Waals surface area contributed by atoms with E-state index in [0.29, 0.717) is 0 Å². The molecule has 0 saturated heterocycles. The molecular formula is C15H21BrN2O. The fourth-order valence-electron chi connectivity index (χ4n) is 2.81. The number of benzene rings is 1. The average molecular weight is 325 g/mol. The van der Waals surface area contributed by atoms with E-state index in [4.69, 9.17) is 5.73 Å². The van der Waals surface area contributed by atoms with Crippen LogP contribution < -0.4 is 11.1 Å². The zero-order valence-corrected chi connectivity index (χ0v) is 13.3. The predicted octanol–water partition coefficient (Wildman–Crippen LogP) is 3.52. The molecule has 1 aliphatic carbocycles. The third kappa shape index (κ3) is 2.70. The van der Waals surface area contributed by atoms with E-state index in [-0.39, 0.29) is 11.9 Å². The molecule has 3 nitrogen and oxygen atoms in total. The van der Waals surface area contributed by atoms with Crippen LogP contribution in [-0.4, -0.2) is 11.9 Å². The summed E-state index contributed by atoms with van der Waals surface area (Å²) in [6.07, 6.45) is 2.82. The first-order valence-corrected chi connectivity index (χ1v) is 7.47. The third-order valence-corrected chi connectivity index (χ3v) is 4.84. The predicted molar refractivity (Wildman–Crippen MR) is 82.2 cm³/mol. The number of aryl methyl sites for hydroxylation is 2. The lowest BCUT2D eigenvalue weighted by molar-refractivity contribution is -0.125. The Morgan fingerprint density at radius 1 is 1.47 bits per heavy atom. The smallest absolute Gasteiger partial charge is 0.231 e. The van der Waals surface area contributed by atoms with Gasteiger partial charge >= 0.3 is 0 Å². The molecule has 1 aromatic carbocycles. The molecule has 2 rings (SSSR count). The summed E-state index contributed by atoms with van der Waals surface area (Å²) in [6, 6.07) is 4.04. The number of hydrogen-bond donors (Lipinski definition) is 2. The summed E-state index contributed by atoms with van der Waals surface area (Å²) in [7, 11) is 0. The highest BCUT2D eigenvalue weighted by Gasteiger charge is 2.43. The minimum absolute atomic E-state index is 0.0325. The molecule has 1 amide bonds. The molecule has 1 aromatic rings. The summed E-state index contributed by atoms with van der Waals surface area (Å²) < 4.78 is 0.925. The summed E-state index contributed by atoms with van der Waals surface area (Å²) in [5.74, 6) is 0.0325. The van der Waals surface area contributed by atoms with Crippen LogP contribution in [-0.2, 0) is 4.79 Å². The molecule has 3 N–H and O–H groups in total. The van der Waals surface area contributed by atoms with Crippen molar-refractivity contribution in [2.45, 2.75) is 46.1 Å². The lowest BCUT2D eigenvalue weighted by Gasteiger charge is -2.28. The highest BCUT2D eigenvalue weighted by atomic mass is 79.9. The summed E-state index contributed by atoms with van der Waals surface area (Å²) in [6.45, 7) is 6.01. The Morgan fingerprint density at radius 2 is 2.16 bits per heavy atom. The van der Waals surface area contributed by atoms with Crippen molar-refractivity contribution in [3.8, 4) is 0 Å². The van der Waals surface area contributed by atoms with E-state index in [1.165, 1.54) is 5.56 Å². The first-order chi connectivity index (χ1) is 8.84. The lowest BCUT2D eigenvalue weighted by atomic mass is 9.84. The van der Waals surface area contributed by atoms with Crippen molar-refractivity contribution in [1.82, 2.24) is 0 Å². The molecule has 4 heteroatoms. The molecule has 1 aliphatic rings. The number of nitrogens with one attached hydrogen (secondary N) is 1. The van der Waals surface area contributed by atoms with E-state index < -0.39 is 5.41 Å². The van der Waals surface area contributed by atoms with Crippen LogP contribution in [0.2, 0.25) is 0 Å². The van der Waals surface area contributed by atoms with Crippen molar-refractivity contribution < 1.29 is 4.79 Å². The Hall–Kier alpha value is -0.870. The largest absolute Gasteiger partial charge is 0.327 e. The van der Waals surface area contributed by atoms with Crippen molar-refractivity contribution >= 4 is 27.5 Å². The lowest BCUT2D eigenvalue weighted by Crippen LogP contribution is -2.44. The van der Waals surface area contributed by atoms with Crippen LogP contribution in [0.4, 0.5) is 5.69 Å². The first kappa shape index (κ1) is 14.5. The van der Waals surface area contributed by atoms with Gasteiger partial charge in [-0.3, -0.25) is 4.79 Å². The zero-order chi connectivity index (χ0) is 14.2. The van der Waals surface area contributed by atoms with E-state index in [1.807, 2.05) is 26.8 Å². The van der Waals surface area contributed by atoms with Gasteiger partial charge in [-0.2, -0.15) is 0 Å². The normalized spacial score (nSPS) is 26.5. The molecule has 0 aliphatic heterocycles. The van der Waals surface area contributed by atoms with E-state index in [0.717, 1.165) is 35.0 Å². The standard InChI is InChI=1S/C15H21BrN2O/c1-9-7-10(2)13(11(16)8-9)18-14(19)15(3)6-4-5-12(15)17/h7-8,12H,4-6,17H2,1-3H3,(H,18,19). The van der Waals surface area contributed by atoms with Crippen LogP contribution in [0.5, 0.6) is 0 Å². The molecule has 2 atom stereocenters. The minimum Gasteiger partial charge on any atom is -0.327 e. The van der Waals surface area contributed by atoms with Gasteiger partial charge in [-0.05, 0) is 66.7 Å². The molecule has 0 bridgehead atoms. The number of anilines is 1. The van der Waals surface area contributed by atoms with Crippen molar-refractivity contribution in [1.29, 1.82) is 0 Å². The molecule has 0 spiro atoms. The van der Waals surface area contributed by atoms with Crippen molar-refractivity contribution in [3.63, 3.8) is 0 Å². The number of nitrogens with two attached hydrogens (primary N) is 1. The maximum absolute atomic E-state index is 12.5. The van der Waals surface area contributed by atoms with Crippen molar-refractivity contribution in [3.05, 3.63) is 27.7 Å². The summed E-state index contributed by atoms with van der Waals surface area (Å²) in [5.41, 5.74) is 8.74. The van der Waals surface area contributed by atoms with Crippen LogP contribution in [0.25, 0.3) is 0 Å². The van der Waals surface area contributed by atoms with Gasteiger partial charge in [0.05, 0.1) is 11.1 Å². The second kappa shape index (κ2) is 5.25. The number of amides is 1. The third-order valence-electron chi connectivity index (χ3n) is 4.22. The number of rotatable bonds is 2. The Balaban J connectivity index is 2.25. The van der Waals surface area contributed by atoms with Gasteiger partial charge in [0.1, 0.15) is 0 Å². The summed E-state index contributed by atoms with van der Waals surface area (Å²) in [5, 5.41) is 3.05. The SMILES string of the molecule is Cc1cc(C)c(NC(=O)C2(C)CCCC2N)c(Br)c1. The Bertz CT molecular complexity index is 492. The Morgan fingerprint density at radius 3 is 2.68 bits per heavy atom. The minimum atomic E-state index is -0.448. The second-order valence-corrected chi connectivity index (χ2v) is 6.66. The van der Waals surface area contributed by atoms with Gasteiger partial charge in [-0.1, -0.05) is 12.5 Å². The Kier molecular flexibility index (Phi) is 4.02. The second-order valence-electron chi connectivity index (χ2n) is 5.81. The maximum atomic E-state index is 12.5. The van der Waals surface area contributed by atoms with Gasteiger partial charge in [0.2, 0.25) is 5.91 Å². The zero-order valence-electron chi connectivity index (χ0n) is 11.7. The summed E-state index contributed by atoms with van der Waals surface area (Å²) in [4.78, 5) is 12.5. The molecule has 1 saturated carbocycles. The topological polar surface area (TPSA) is 55.1 Å². The quantitative estimate of drug-likeness (QED) is 0.874. The molecule has 0 aromatic heterocycles. The average Bonchev–Trinajstić information content (AvgIpc) is 2.65. The highest BCUT2D eigenvalue weighted by Crippen LogP contribution is 2.38. The van der Waals surface area contributed by atoms with E-state index in [1.54, 1.807) is 0 Å². The van der Waals surface area contributed by atoms with Gasteiger partial charge in [0.15, 0.2) is 0 Å². The fourth-order valence-corrected chi connectivity index (χ4v) is 3.58. The van der Waals surface area contributed by atoms with Crippen LogP contribution in [0.3, 0.4) is 0 Å². The molecule has 104 valence electrons.